The van der Waals surface area contributed by atoms with Crippen LogP contribution >= 0.6 is 23.6 Å². The van der Waals surface area contributed by atoms with E-state index in [9.17, 15) is 0 Å². The second kappa shape index (κ2) is 7.99. The average Bonchev–Trinajstić information content (AvgIpc) is 2.96. The van der Waals surface area contributed by atoms with Crippen molar-refractivity contribution in [2.75, 3.05) is 13.2 Å². The third kappa shape index (κ3) is 4.92. The predicted octanol–water partition coefficient (Wildman–Crippen LogP) is 3.37. The fourth-order valence-corrected chi connectivity index (χ4v) is 2.41. The molecule has 0 aliphatic rings. The first-order chi connectivity index (χ1) is 9.75. The van der Waals surface area contributed by atoms with Crippen LogP contribution in [0.25, 0.3) is 0 Å². The molecule has 106 valence electrons. The zero-order valence-electron chi connectivity index (χ0n) is 11.1. The summed E-state index contributed by atoms with van der Waals surface area (Å²) in [5.41, 5.74) is 6.39. The Balaban J connectivity index is 1.59. The largest absolute Gasteiger partial charge is 0.494 e. The summed E-state index contributed by atoms with van der Waals surface area (Å²) >= 11 is 6.61. The molecule has 3 nitrogen and oxygen atoms in total. The number of hydrogen-bond donors (Lipinski definition) is 1. The maximum atomic E-state index is 5.62. The fraction of sp³-hybridized carbons (Fsp3) is 0.267. The van der Waals surface area contributed by atoms with Gasteiger partial charge in [-0.1, -0.05) is 18.3 Å². The normalized spacial score (nSPS) is 10.4. The molecular weight excluding hydrogens is 290 g/mol. The van der Waals surface area contributed by atoms with E-state index in [0.29, 0.717) is 24.8 Å². The first-order valence-corrected chi connectivity index (χ1v) is 7.67. The van der Waals surface area contributed by atoms with E-state index in [4.69, 9.17) is 27.4 Å². The molecule has 0 fully saturated rings. The van der Waals surface area contributed by atoms with Crippen LogP contribution in [0.4, 0.5) is 0 Å². The molecule has 0 atom stereocenters. The topological polar surface area (TPSA) is 44.5 Å². The Labute approximate surface area is 128 Å². The van der Waals surface area contributed by atoms with Crippen LogP contribution in [0.3, 0.4) is 0 Å². The van der Waals surface area contributed by atoms with E-state index < -0.39 is 0 Å². The number of nitrogens with two attached hydrogens (primary N) is 1. The van der Waals surface area contributed by atoms with Crippen molar-refractivity contribution in [2.45, 2.75) is 13.0 Å². The van der Waals surface area contributed by atoms with E-state index in [1.165, 1.54) is 4.88 Å². The summed E-state index contributed by atoms with van der Waals surface area (Å²) in [6.07, 6.45) is 0.864. The lowest BCUT2D eigenvalue weighted by Crippen LogP contribution is -2.09. The highest BCUT2D eigenvalue weighted by Crippen LogP contribution is 2.13. The molecule has 5 heteroatoms. The molecule has 0 bridgehead atoms. The van der Waals surface area contributed by atoms with Crippen LogP contribution in [-0.2, 0) is 11.3 Å². The Morgan fingerprint density at radius 2 is 1.95 bits per heavy atom. The maximum absolute atomic E-state index is 5.62. The minimum Gasteiger partial charge on any atom is -0.494 e. The molecule has 0 aliphatic heterocycles. The van der Waals surface area contributed by atoms with Crippen molar-refractivity contribution in [3.63, 3.8) is 0 Å². The lowest BCUT2D eigenvalue weighted by molar-refractivity contribution is 0.109. The van der Waals surface area contributed by atoms with Gasteiger partial charge in [0.1, 0.15) is 10.7 Å². The van der Waals surface area contributed by atoms with Crippen LogP contribution in [0.15, 0.2) is 41.8 Å². The van der Waals surface area contributed by atoms with Crippen molar-refractivity contribution < 1.29 is 9.47 Å². The molecular formula is C15H17NO2S2. The van der Waals surface area contributed by atoms with Crippen LogP contribution in [0.1, 0.15) is 16.9 Å². The molecule has 1 heterocycles. The molecule has 20 heavy (non-hydrogen) atoms. The van der Waals surface area contributed by atoms with Gasteiger partial charge in [0.05, 0.1) is 19.8 Å². The van der Waals surface area contributed by atoms with E-state index >= 15 is 0 Å². The van der Waals surface area contributed by atoms with Gasteiger partial charge < -0.3 is 15.2 Å². The van der Waals surface area contributed by atoms with Crippen molar-refractivity contribution in [3.8, 4) is 5.75 Å². The van der Waals surface area contributed by atoms with Gasteiger partial charge in [-0.15, -0.1) is 11.3 Å². The zero-order chi connectivity index (χ0) is 14.2. The van der Waals surface area contributed by atoms with Gasteiger partial charge in [0.15, 0.2) is 0 Å². The molecule has 2 aromatic rings. The van der Waals surface area contributed by atoms with Gasteiger partial charge in [-0.3, -0.25) is 0 Å². The van der Waals surface area contributed by atoms with Crippen LogP contribution in [0.5, 0.6) is 5.75 Å². The van der Waals surface area contributed by atoms with E-state index in [2.05, 4.69) is 11.4 Å². The highest BCUT2D eigenvalue weighted by molar-refractivity contribution is 7.80. The molecule has 2 N–H and O–H groups in total. The number of hydrogen-bond acceptors (Lipinski definition) is 4. The monoisotopic (exact) mass is 307 g/mol. The van der Waals surface area contributed by atoms with Gasteiger partial charge in [0, 0.05) is 16.9 Å². The maximum Gasteiger partial charge on any atom is 0.119 e. The number of benzene rings is 1. The summed E-state index contributed by atoms with van der Waals surface area (Å²) in [6, 6.07) is 11.6. The SMILES string of the molecule is NC(=S)c1ccc(OCCCOCc2cccs2)cc1. The summed E-state index contributed by atoms with van der Waals surface area (Å²) in [6.45, 7) is 2.01. The smallest absolute Gasteiger partial charge is 0.119 e. The molecule has 1 aromatic heterocycles. The van der Waals surface area contributed by atoms with Crippen molar-refractivity contribution in [2.24, 2.45) is 5.73 Å². The Bertz CT molecular complexity index is 523. The minimum absolute atomic E-state index is 0.401. The van der Waals surface area contributed by atoms with Gasteiger partial charge in [0.2, 0.25) is 0 Å². The van der Waals surface area contributed by atoms with Crippen LogP contribution in [0.2, 0.25) is 0 Å². The standard InChI is InChI=1S/C15H17NO2S2/c16-15(19)12-4-6-13(7-5-12)18-9-2-8-17-11-14-3-1-10-20-14/h1,3-7,10H,2,8-9,11H2,(H2,16,19). The zero-order valence-corrected chi connectivity index (χ0v) is 12.7. The second-order valence-corrected chi connectivity index (χ2v) is 5.69. The van der Waals surface area contributed by atoms with E-state index in [0.717, 1.165) is 17.7 Å². The molecule has 0 radical (unpaired) electrons. The Morgan fingerprint density at radius 3 is 2.60 bits per heavy atom. The fourth-order valence-electron chi connectivity index (χ4n) is 1.63. The van der Waals surface area contributed by atoms with Gasteiger partial charge in [-0.2, -0.15) is 0 Å². The average molecular weight is 307 g/mol. The summed E-state index contributed by atoms with van der Waals surface area (Å²) in [7, 11) is 0. The Morgan fingerprint density at radius 1 is 1.15 bits per heavy atom. The number of thiocarbonyl (C=S) groups is 1. The van der Waals surface area contributed by atoms with Crippen molar-refractivity contribution >= 4 is 28.5 Å². The molecule has 2 rings (SSSR count). The highest BCUT2D eigenvalue weighted by atomic mass is 32.1. The van der Waals surface area contributed by atoms with Crippen LogP contribution in [-0.4, -0.2) is 18.2 Å². The molecule has 0 saturated carbocycles. The first-order valence-electron chi connectivity index (χ1n) is 6.38. The lowest BCUT2D eigenvalue weighted by Gasteiger charge is -2.07. The summed E-state index contributed by atoms with van der Waals surface area (Å²) in [4.78, 5) is 1.65. The minimum atomic E-state index is 0.401. The molecule has 1 aromatic carbocycles. The highest BCUT2D eigenvalue weighted by Gasteiger charge is 1.98. The van der Waals surface area contributed by atoms with E-state index in [-0.39, 0.29) is 0 Å². The van der Waals surface area contributed by atoms with E-state index in [1.54, 1.807) is 11.3 Å². The number of thiophene rings is 1. The van der Waals surface area contributed by atoms with Gasteiger partial charge in [0.25, 0.3) is 0 Å². The predicted molar refractivity (Wildman–Crippen MR) is 86.4 cm³/mol. The third-order valence-corrected chi connectivity index (χ3v) is 3.75. The van der Waals surface area contributed by atoms with Crippen molar-refractivity contribution in [3.05, 3.63) is 52.2 Å². The molecule has 0 unspecified atom stereocenters. The van der Waals surface area contributed by atoms with Gasteiger partial charge in [-0.25, -0.2) is 0 Å². The second-order valence-electron chi connectivity index (χ2n) is 4.22. The van der Waals surface area contributed by atoms with E-state index in [1.807, 2.05) is 30.3 Å². The summed E-state index contributed by atoms with van der Waals surface area (Å²) in [5.74, 6) is 0.822. The quantitative estimate of drug-likeness (QED) is 0.600. The summed E-state index contributed by atoms with van der Waals surface area (Å²) < 4.78 is 11.2. The number of rotatable bonds is 8. The van der Waals surface area contributed by atoms with Crippen LogP contribution < -0.4 is 10.5 Å². The Hall–Kier alpha value is -1.43. The van der Waals surface area contributed by atoms with Crippen molar-refractivity contribution in [1.82, 2.24) is 0 Å². The number of ether oxygens (including phenoxy) is 2. The van der Waals surface area contributed by atoms with Crippen molar-refractivity contribution in [1.29, 1.82) is 0 Å². The lowest BCUT2D eigenvalue weighted by atomic mass is 10.2. The first kappa shape index (κ1) is 15.0. The van der Waals surface area contributed by atoms with Gasteiger partial charge in [-0.05, 0) is 35.7 Å². The Kier molecular flexibility index (Phi) is 5.98. The van der Waals surface area contributed by atoms with Crippen LogP contribution in [0, 0.1) is 0 Å². The molecule has 0 spiro atoms. The molecule has 0 saturated heterocycles. The third-order valence-electron chi connectivity index (χ3n) is 2.66. The van der Waals surface area contributed by atoms with Gasteiger partial charge >= 0.3 is 0 Å². The molecule has 0 aliphatic carbocycles. The molecule has 0 amide bonds. The summed E-state index contributed by atoms with van der Waals surface area (Å²) in [5, 5.41) is 2.05.